The van der Waals surface area contributed by atoms with Gasteiger partial charge in [0.25, 0.3) is 0 Å². The summed E-state index contributed by atoms with van der Waals surface area (Å²) < 4.78 is 17.4. The van der Waals surface area contributed by atoms with E-state index in [-0.39, 0.29) is 30.9 Å². The number of methoxy groups -OCH3 is 2. The van der Waals surface area contributed by atoms with E-state index in [1.165, 1.54) is 14.2 Å². The summed E-state index contributed by atoms with van der Waals surface area (Å²) in [6.07, 6.45) is 0. The predicted molar refractivity (Wildman–Crippen MR) is 124 cm³/mol. The Morgan fingerprint density at radius 2 is 1.73 bits per heavy atom. The number of ether oxygens (including phenoxy) is 3. The first-order valence-electron chi connectivity index (χ1n) is 10.00. The highest BCUT2D eigenvalue weighted by Gasteiger charge is 2.21. The van der Waals surface area contributed by atoms with Crippen molar-refractivity contribution in [1.29, 1.82) is 0 Å². The van der Waals surface area contributed by atoms with Gasteiger partial charge in [0.1, 0.15) is 12.6 Å². The maximum Gasteiger partial charge on any atom is 0.323 e. The van der Waals surface area contributed by atoms with Gasteiger partial charge in [0.2, 0.25) is 11.8 Å². The zero-order valence-corrected chi connectivity index (χ0v) is 19.7. The number of aliphatic carboxylic acids is 1. The third kappa shape index (κ3) is 5.98. The minimum absolute atomic E-state index is 0.00875. The molecule has 1 atom stereocenters. The standard InChI is InChI=1S/C23H24BrN3O6/c1-31-20-17(11-25-18(12-28)22(29)30)21(32-2)27-23(26-20)33-13-15-9-6-10-16(19(15)24)14-7-4-3-5-8-14/h3-10,18,25,28H,11-13H2,1-2H3,(H,29,30). The molecule has 0 radical (unpaired) electrons. The highest BCUT2D eigenvalue weighted by molar-refractivity contribution is 9.10. The number of carboxylic acids is 1. The molecule has 0 spiro atoms. The molecule has 9 nitrogen and oxygen atoms in total. The summed E-state index contributed by atoms with van der Waals surface area (Å²) in [5.41, 5.74) is 3.41. The van der Waals surface area contributed by atoms with Crippen molar-refractivity contribution in [3.63, 3.8) is 0 Å². The first-order valence-corrected chi connectivity index (χ1v) is 10.8. The molecule has 0 saturated heterocycles. The number of halogens is 1. The normalized spacial score (nSPS) is 11.6. The zero-order valence-electron chi connectivity index (χ0n) is 18.1. The second-order valence-corrected chi connectivity index (χ2v) is 7.68. The van der Waals surface area contributed by atoms with E-state index in [2.05, 4.69) is 31.2 Å². The summed E-state index contributed by atoms with van der Waals surface area (Å²) in [4.78, 5) is 19.7. The minimum atomic E-state index is -1.18. The minimum Gasteiger partial charge on any atom is -0.481 e. The third-order valence-electron chi connectivity index (χ3n) is 4.82. The first kappa shape index (κ1) is 24.4. The molecule has 0 amide bonds. The predicted octanol–water partition coefficient (Wildman–Crippen LogP) is 3.04. The molecule has 174 valence electrons. The molecule has 1 heterocycles. The summed E-state index contributed by atoms with van der Waals surface area (Å²) in [6, 6.07) is 14.8. The average molecular weight is 518 g/mol. The lowest BCUT2D eigenvalue weighted by Gasteiger charge is -2.16. The van der Waals surface area contributed by atoms with Crippen LogP contribution in [0.1, 0.15) is 11.1 Å². The van der Waals surface area contributed by atoms with Crippen molar-refractivity contribution in [2.45, 2.75) is 19.2 Å². The summed E-state index contributed by atoms with van der Waals surface area (Å²) >= 11 is 3.67. The lowest BCUT2D eigenvalue weighted by molar-refractivity contribution is -0.140. The van der Waals surface area contributed by atoms with Gasteiger partial charge in [-0.1, -0.05) is 48.5 Å². The largest absolute Gasteiger partial charge is 0.481 e. The van der Waals surface area contributed by atoms with Crippen molar-refractivity contribution >= 4 is 21.9 Å². The zero-order chi connectivity index (χ0) is 23.8. The second kappa shape index (κ2) is 11.6. The SMILES string of the molecule is COc1nc(OCc2cccc(-c3ccccc3)c2Br)nc(OC)c1CNC(CO)C(=O)O. The maximum atomic E-state index is 11.1. The van der Waals surface area contributed by atoms with Crippen LogP contribution in [0.25, 0.3) is 11.1 Å². The van der Waals surface area contributed by atoms with Crippen molar-refractivity contribution in [2.75, 3.05) is 20.8 Å². The molecule has 0 aliphatic rings. The molecular weight excluding hydrogens is 494 g/mol. The van der Waals surface area contributed by atoms with E-state index in [1.54, 1.807) is 0 Å². The molecule has 10 heteroatoms. The van der Waals surface area contributed by atoms with E-state index in [0.29, 0.717) is 5.56 Å². The third-order valence-corrected chi connectivity index (χ3v) is 5.76. The second-order valence-electron chi connectivity index (χ2n) is 6.89. The van der Waals surface area contributed by atoms with Crippen molar-refractivity contribution < 1.29 is 29.2 Å². The van der Waals surface area contributed by atoms with E-state index in [0.717, 1.165) is 21.2 Å². The van der Waals surface area contributed by atoms with Gasteiger partial charge >= 0.3 is 12.0 Å². The van der Waals surface area contributed by atoms with Crippen molar-refractivity contribution in [3.8, 4) is 28.9 Å². The number of aliphatic hydroxyl groups excluding tert-OH is 1. The fourth-order valence-corrected chi connectivity index (χ4v) is 3.72. The monoisotopic (exact) mass is 517 g/mol. The quantitative estimate of drug-likeness (QED) is 0.352. The van der Waals surface area contributed by atoms with Crippen LogP contribution < -0.4 is 19.5 Å². The van der Waals surface area contributed by atoms with Crippen molar-refractivity contribution in [3.05, 3.63) is 64.1 Å². The summed E-state index contributed by atoms with van der Waals surface area (Å²) in [5.74, 6) is -0.841. The van der Waals surface area contributed by atoms with Gasteiger partial charge in [-0.05, 0) is 27.1 Å². The number of carboxylic acid groups (broad SMARTS) is 1. The van der Waals surface area contributed by atoms with E-state index in [9.17, 15) is 9.90 Å². The fraction of sp³-hybridized carbons (Fsp3) is 0.261. The van der Waals surface area contributed by atoms with Crippen LogP contribution in [0, 0.1) is 0 Å². The first-order chi connectivity index (χ1) is 16.0. The lowest BCUT2D eigenvalue weighted by Crippen LogP contribution is -2.39. The van der Waals surface area contributed by atoms with E-state index in [4.69, 9.17) is 19.3 Å². The Balaban J connectivity index is 1.80. The number of hydrogen-bond donors (Lipinski definition) is 3. The average Bonchev–Trinajstić information content (AvgIpc) is 2.84. The maximum absolute atomic E-state index is 11.1. The van der Waals surface area contributed by atoms with Crippen LogP contribution in [0.2, 0.25) is 0 Å². The number of aromatic nitrogens is 2. The smallest absolute Gasteiger partial charge is 0.323 e. The molecular formula is C23H24BrN3O6. The van der Waals surface area contributed by atoms with Crippen LogP contribution in [-0.2, 0) is 17.9 Å². The van der Waals surface area contributed by atoms with Gasteiger partial charge < -0.3 is 24.4 Å². The molecule has 0 aliphatic carbocycles. The van der Waals surface area contributed by atoms with Crippen LogP contribution in [0.15, 0.2) is 53.0 Å². The molecule has 33 heavy (non-hydrogen) atoms. The number of hydrogen-bond acceptors (Lipinski definition) is 8. The molecule has 0 fully saturated rings. The summed E-state index contributed by atoms with van der Waals surface area (Å²) in [6.45, 7) is -0.371. The molecule has 3 N–H and O–H groups in total. The number of rotatable bonds is 11. The Morgan fingerprint density at radius 1 is 1.06 bits per heavy atom. The Morgan fingerprint density at radius 3 is 2.30 bits per heavy atom. The van der Waals surface area contributed by atoms with E-state index >= 15 is 0 Å². The highest BCUT2D eigenvalue weighted by atomic mass is 79.9. The van der Waals surface area contributed by atoms with Crippen LogP contribution in [0.4, 0.5) is 0 Å². The van der Waals surface area contributed by atoms with Crippen molar-refractivity contribution in [1.82, 2.24) is 15.3 Å². The topological polar surface area (TPSA) is 123 Å². The van der Waals surface area contributed by atoms with Crippen LogP contribution in [-0.4, -0.2) is 53.0 Å². The summed E-state index contributed by atoms with van der Waals surface area (Å²) in [5, 5.41) is 21.0. The van der Waals surface area contributed by atoms with Crippen molar-refractivity contribution in [2.24, 2.45) is 0 Å². The number of nitrogens with zero attached hydrogens (tertiary/aromatic N) is 2. The Labute approximate surface area is 199 Å². The lowest BCUT2D eigenvalue weighted by atomic mass is 10.0. The van der Waals surface area contributed by atoms with Crippen LogP contribution in [0.5, 0.6) is 17.8 Å². The molecule has 1 aromatic heterocycles. The highest BCUT2D eigenvalue weighted by Crippen LogP contribution is 2.32. The van der Waals surface area contributed by atoms with Crippen LogP contribution in [0.3, 0.4) is 0 Å². The van der Waals surface area contributed by atoms with Gasteiger partial charge in [-0.3, -0.25) is 10.1 Å². The van der Waals surface area contributed by atoms with E-state index in [1.807, 2.05) is 48.5 Å². The van der Waals surface area contributed by atoms with Gasteiger partial charge in [0.15, 0.2) is 0 Å². The van der Waals surface area contributed by atoms with Gasteiger partial charge in [-0.2, -0.15) is 9.97 Å². The number of benzene rings is 2. The summed E-state index contributed by atoms with van der Waals surface area (Å²) in [7, 11) is 2.85. The van der Waals surface area contributed by atoms with Gasteiger partial charge in [0, 0.05) is 16.6 Å². The molecule has 0 bridgehead atoms. The number of carbonyl (C=O) groups is 1. The molecule has 1 unspecified atom stereocenters. The number of nitrogens with one attached hydrogen (secondary N) is 1. The molecule has 3 rings (SSSR count). The molecule has 2 aromatic carbocycles. The van der Waals surface area contributed by atoms with Crippen LogP contribution >= 0.6 is 15.9 Å². The molecule has 0 aliphatic heterocycles. The Kier molecular flexibility index (Phi) is 8.58. The van der Waals surface area contributed by atoms with Gasteiger partial charge in [-0.25, -0.2) is 0 Å². The Hall–Kier alpha value is -3.21. The van der Waals surface area contributed by atoms with E-state index < -0.39 is 18.6 Å². The molecule has 3 aromatic rings. The van der Waals surface area contributed by atoms with Gasteiger partial charge in [0.05, 0.1) is 26.4 Å². The fourth-order valence-electron chi connectivity index (χ4n) is 3.11. The molecule has 0 saturated carbocycles. The number of aliphatic hydroxyl groups is 1. The Bertz CT molecular complexity index is 1070. The van der Waals surface area contributed by atoms with Gasteiger partial charge in [-0.15, -0.1) is 0 Å².